The van der Waals surface area contributed by atoms with Crippen LogP contribution >= 0.6 is 0 Å². The van der Waals surface area contributed by atoms with Crippen LogP contribution < -0.4 is 10.9 Å². The van der Waals surface area contributed by atoms with Crippen molar-refractivity contribution in [2.45, 2.75) is 0 Å². The topological polar surface area (TPSA) is 71.3 Å². The van der Waals surface area contributed by atoms with E-state index in [1.165, 1.54) is 18.2 Å². The van der Waals surface area contributed by atoms with Gasteiger partial charge in [-0.2, -0.15) is 0 Å². The molecule has 5 nitrogen and oxygen atoms in total. The second kappa shape index (κ2) is 6.78. The van der Waals surface area contributed by atoms with Crippen LogP contribution in [0.25, 0.3) is 11.3 Å². The Balaban J connectivity index is 1.64. The molecule has 2 N–H and O–H groups in total. The Bertz CT molecular complexity index is 857. The van der Waals surface area contributed by atoms with E-state index in [1.54, 1.807) is 48.5 Å². The summed E-state index contributed by atoms with van der Waals surface area (Å²) in [6.45, 7) is 0. The largest absolute Gasteiger partial charge is 0.451 e. The van der Waals surface area contributed by atoms with Crippen LogP contribution in [0.2, 0.25) is 0 Å². The molecule has 0 bridgehead atoms. The molecule has 0 fully saturated rings. The van der Waals surface area contributed by atoms with Gasteiger partial charge in [-0.15, -0.1) is 0 Å². The van der Waals surface area contributed by atoms with Gasteiger partial charge in [0.2, 0.25) is 0 Å². The molecule has 0 saturated carbocycles. The van der Waals surface area contributed by atoms with E-state index in [-0.39, 0.29) is 11.6 Å². The number of benzene rings is 2. The van der Waals surface area contributed by atoms with Crippen LogP contribution in [-0.2, 0) is 0 Å². The summed E-state index contributed by atoms with van der Waals surface area (Å²) in [7, 11) is 0. The molecule has 6 heteroatoms. The number of amides is 2. The molecule has 0 saturated heterocycles. The number of nitrogens with one attached hydrogen (secondary N) is 2. The highest BCUT2D eigenvalue weighted by Crippen LogP contribution is 2.22. The van der Waals surface area contributed by atoms with Crippen molar-refractivity contribution in [2.75, 3.05) is 0 Å². The van der Waals surface area contributed by atoms with Crippen molar-refractivity contribution in [3.05, 3.63) is 83.9 Å². The number of carbonyl (C=O) groups excluding carboxylic acids is 2. The molecular formula is C18H13FN2O3. The zero-order chi connectivity index (χ0) is 16.9. The van der Waals surface area contributed by atoms with Gasteiger partial charge in [-0.1, -0.05) is 18.2 Å². The number of halogens is 1. The first-order chi connectivity index (χ1) is 11.6. The Kier molecular flexibility index (Phi) is 4.38. The monoisotopic (exact) mass is 324 g/mol. The van der Waals surface area contributed by atoms with Gasteiger partial charge >= 0.3 is 5.91 Å². The number of hydrogen-bond donors (Lipinski definition) is 2. The predicted octanol–water partition coefficient (Wildman–Crippen LogP) is 3.16. The molecule has 1 heterocycles. The van der Waals surface area contributed by atoms with Crippen molar-refractivity contribution < 1.29 is 18.4 Å². The summed E-state index contributed by atoms with van der Waals surface area (Å²) in [5, 5.41) is 0. The van der Waals surface area contributed by atoms with Gasteiger partial charge in [0.15, 0.2) is 5.76 Å². The van der Waals surface area contributed by atoms with Crippen molar-refractivity contribution in [1.82, 2.24) is 10.9 Å². The Labute approximate surface area is 137 Å². The molecule has 0 unspecified atom stereocenters. The van der Waals surface area contributed by atoms with Crippen molar-refractivity contribution in [3.63, 3.8) is 0 Å². The lowest BCUT2D eigenvalue weighted by atomic mass is 10.2. The summed E-state index contributed by atoms with van der Waals surface area (Å²) in [5.74, 6) is -0.925. The third-order valence-electron chi connectivity index (χ3n) is 3.28. The summed E-state index contributed by atoms with van der Waals surface area (Å²) in [5.41, 5.74) is 5.65. The van der Waals surface area contributed by atoms with Crippen LogP contribution in [0.3, 0.4) is 0 Å². The highest BCUT2D eigenvalue weighted by molar-refractivity contribution is 5.98. The lowest BCUT2D eigenvalue weighted by molar-refractivity contribution is 0.0831. The predicted molar refractivity (Wildman–Crippen MR) is 85.5 cm³/mol. The standard InChI is InChI=1S/C18H13FN2O3/c19-14-8-6-12(7-9-14)15-10-11-16(24-15)18(23)21-20-17(22)13-4-2-1-3-5-13/h1-11H,(H,20,22)(H,21,23). The molecular weight excluding hydrogens is 311 g/mol. The molecule has 0 spiro atoms. The number of hydrazine groups is 1. The van der Waals surface area contributed by atoms with Gasteiger partial charge in [-0.3, -0.25) is 20.4 Å². The molecule has 0 aliphatic rings. The van der Waals surface area contributed by atoms with Crippen molar-refractivity contribution in [1.29, 1.82) is 0 Å². The van der Waals surface area contributed by atoms with Gasteiger partial charge in [0.05, 0.1) is 0 Å². The molecule has 24 heavy (non-hydrogen) atoms. The molecule has 0 aliphatic heterocycles. The fraction of sp³-hybridized carbons (Fsp3) is 0. The summed E-state index contributed by atoms with van der Waals surface area (Å²) < 4.78 is 18.3. The quantitative estimate of drug-likeness (QED) is 0.727. The minimum Gasteiger partial charge on any atom is -0.451 e. The molecule has 0 radical (unpaired) electrons. The highest BCUT2D eigenvalue weighted by Gasteiger charge is 2.13. The maximum absolute atomic E-state index is 12.9. The molecule has 120 valence electrons. The van der Waals surface area contributed by atoms with E-state index in [0.29, 0.717) is 16.9 Å². The van der Waals surface area contributed by atoms with Crippen molar-refractivity contribution in [3.8, 4) is 11.3 Å². The summed E-state index contributed by atoms with van der Waals surface area (Å²) in [4.78, 5) is 23.8. The van der Waals surface area contributed by atoms with Crippen LogP contribution in [-0.4, -0.2) is 11.8 Å². The first kappa shape index (κ1) is 15.5. The third-order valence-corrected chi connectivity index (χ3v) is 3.28. The molecule has 2 aromatic carbocycles. The lowest BCUT2D eigenvalue weighted by Crippen LogP contribution is -2.41. The second-order valence-corrected chi connectivity index (χ2v) is 4.95. The molecule has 3 rings (SSSR count). The minimum absolute atomic E-state index is 0.0303. The van der Waals surface area contributed by atoms with Crippen LogP contribution in [0, 0.1) is 5.82 Å². The maximum Gasteiger partial charge on any atom is 0.305 e. The van der Waals surface area contributed by atoms with E-state index in [1.807, 2.05) is 0 Å². The van der Waals surface area contributed by atoms with Crippen LogP contribution in [0.1, 0.15) is 20.9 Å². The van der Waals surface area contributed by atoms with Gasteiger partial charge in [-0.05, 0) is 48.5 Å². The van der Waals surface area contributed by atoms with Gasteiger partial charge in [-0.25, -0.2) is 4.39 Å². The van der Waals surface area contributed by atoms with Gasteiger partial charge in [0.1, 0.15) is 11.6 Å². The Hall–Kier alpha value is -3.41. The molecule has 0 atom stereocenters. The minimum atomic E-state index is -0.590. The zero-order valence-corrected chi connectivity index (χ0v) is 12.5. The zero-order valence-electron chi connectivity index (χ0n) is 12.5. The van der Waals surface area contributed by atoms with E-state index in [0.717, 1.165) is 0 Å². The fourth-order valence-electron chi connectivity index (χ4n) is 2.07. The van der Waals surface area contributed by atoms with Gasteiger partial charge in [0, 0.05) is 11.1 Å². The third kappa shape index (κ3) is 3.49. The smallest absolute Gasteiger partial charge is 0.305 e. The van der Waals surface area contributed by atoms with E-state index in [4.69, 9.17) is 4.42 Å². The second-order valence-electron chi connectivity index (χ2n) is 4.95. The van der Waals surface area contributed by atoms with Crippen molar-refractivity contribution >= 4 is 11.8 Å². The molecule has 2 amide bonds. The van der Waals surface area contributed by atoms with Crippen LogP contribution in [0.4, 0.5) is 4.39 Å². The highest BCUT2D eigenvalue weighted by atomic mass is 19.1. The molecule has 1 aromatic heterocycles. The van der Waals surface area contributed by atoms with E-state index < -0.39 is 11.8 Å². The Morgan fingerprint density at radius 3 is 2.17 bits per heavy atom. The number of furan rings is 1. The average molecular weight is 324 g/mol. The number of carbonyl (C=O) groups is 2. The molecule has 3 aromatic rings. The first-order valence-electron chi connectivity index (χ1n) is 7.15. The van der Waals surface area contributed by atoms with Gasteiger partial charge in [0.25, 0.3) is 5.91 Å². The van der Waals surface area contributed by atoms with E-state index >= 15 is 0 Å². The van der Waals surface area contributed by atoms with E-state index in [2.05, 4.69) is 10.9 Å². The van der Waals surface area contributed by atoms with Crippen molar-refractivity contribution in [2.24, 2.45) is 0 Å². The lowest BCUT2D eigenvalue weighted by Gasteiger charge is -2.05. The molecule has 0 aliphatic carbocycles. The summed E-state index contributed by atoms with van der Waals surface area (Å²) in [6, 6.07) is 17.3. The summed E-state index contributed by atoms with van der Waals surface area (Å²) >= 11 is 0. The maximum atomic E-state index is 12.9. The fourth-order valence-corrected chi connectivity index (χ4v) is 2.07. The van der Waals surface area contributed by atoms with Crippen LogP contribution in [0.5, 0.6) is 0 Å². The normalized spacial score (nSPS) is 10.2. The Morgan fingerprint density at radius 2 is 1.46 bits per heavy atom. The number of rotatable bonds is 3. The summed E-state index contributed by atoms with van der Waals surface area (Å²) in [6.07, 6.45) is 0. The van der Waals surface area contributed by atoms with E-state index in [9.17, 15) is 14.0 Å². The Morgan fingerprint density at radius 1 is 0.792 bits per heavy atom. The SMILES string of the molecule is O=C(NNC(=O)c1ccc(-c2ccc(F)cc2)o1)c1ccccc1. The van der Waals surface area contributed by atoms with Gasteiger partial charge < -0.3 is 4.42 Å². The van der Waals surface area contributed by atoms with Crippen LogP contribution in [0.15, 0.2) is 71.1 Å². The number of hydrogen-bond acceptors (Lipinski definition) is 3. The average Bonchev–Trinajstić information content (AvgIpc) is 3.11. The first-order valence-corrected chi connectivity index (χ1v) is 7.15.